The third kappa shape index (κ3) is 2.87. The Labute approximate surface area is 120 Å². The molecule has 1 saturated heterocycles. The Morgan fingerprint density at radius 3 is 2.90 bits per heavy atom. The molecular formula is C15H24N4O. The summed E-state index contributed by atoms with van der Waals surface area (Å²) in [6.45, 7) is 7.26. The van der Waals surface area contributed by atoms with Crippen LogP contribution >= 0.6 is 0 Å². The highest BCUT2D eigenvalue weighted by Crippen LogP contribution is 2.31. The maximum Gasteiger partial charge on any atom is 0.293 e. The summed E-state index contributed by atoms with van der Waals surface area (Å²) < 4.78 is 1.72. The molecule has 5 heteroatoms. The Balaban J connectivity index is 1.58. The number of nitrogens with zero attached hydrogens (tertiary/aromatic N) is 3. The van der Waals surface area contributed by atoms with Gasteiger partial charge in [0.05, 0.1) is 0 Å². The molecule has 1 saturated carbocycles. The van der Waals surface area contributed by atoms with Gasteiger partial charge in [0.1, 0.15) is 0 Å². The summed E-state index contributed by atoms with van der Waals surface area (Å²) in [5.41, 5.74) is -0.0143. The summed E-state index contributed by atoms with van der Waals surface area (Å²) in [5.74, 6) is 1.13. The van der Waals surface area contributed by atoms with E-state index in [9.17, 15) is 4.79 Å². The van der Waals surface area contributed by atoms with Gasteiger partial charge in [0.15, 0.2) is 5.82 Å². The number of aromatic nitrogens is 2. The molecule has 1 unspecified atom stereocenters. The fourth-order valence-electron chi connectivity index (χ4n) is 2.99. The first-order valence-corrected chi connectivity index (χ1v) is 7.70. The molecule has 5 nitrogen and oxygen atoms in total. The summed E-state index contributed by atoms with van der Waals surface area (Å²) in [6, 6.07) is 1.02. The zero-order valence-electron chi connectivity index (χ0n) is 12.4. The second-order valence-corrected chi connectivity index (χ2v) is 6.34. The quantitative estimate of drug-likeness (QED) is 0.889. The van der Waals surface area contributed by atoms with E-state index in [0.717, 1.165) is 12.6 Å². The maximum atomic E-state index is 12.2. The lowest BCUT2D eigenvalue weighted by Gasteiger charge is -2.16. The lowest BCUT2D eigenvalue weighted by Crippen LogP contribution is -2.28. The van der Waals surface area contributed by atoms with Crippen LogP contribution in [0.25, 0.3) is 0 Å². The van der Waals surface area contributed by atoms with Crippen LogP contribution in [0.2, 0.25) is 0 Å². The van der Waals surface area contributed by atoms with Crippen LogP contribution in [0.5, 0.6) is 0 Å². The molecule has 2 heterocycles. The fraction of sp³-hybridized carbons (Fsp3) is 0.733. The van der Waals surface area contributed by atoms with Crippen LogP contribution in [0.3, 0.4) is 0 Å². The predicted octanol–water partition coefficient (Wildman–Crippen LogP) is 1.72. The minimum atomic E-state index is -0.0143. The monoisotopic (exact) mass is 276 g/mol. The van der Waals surface area contributed by atoms with Gasteiger partial charge in [-0.2, -0.15) is 0 Å². The standard InChI is InChI=1S/C15H24N4O/c1-11(2)19-8-6-16-14(15(19)20)17-9-12-5-7-18(10-12)13-3-4-13/h6,8,11-13H,3-5,7,9-10H2,1-2H3,(H,16,17). The number of hydrogen-bond acceptors (Lipinski definition) is 4. The third-order valence-corrected chi connectivity index (χ3v) is 4.36. The second-order valence-electron chi connectivity index (χ2n) is 6.34. The van der Waals surface area contributed by atoms with Crippen LogP contribution in [-0.2, 0) is 0 Å². The molecule has 0 spiro atoms. The van der Waals surface area contributed by atoms with Gasteiger partial charge in [0, 0.05) is 37.6 Å². The first kappa shape index (κ1) is 13.6. The number of nitrogens with one attached hydrogen (secondary N) is 1. The van der Waals surface area contributed by atoms with E-state index in [0.29, 0.717) is 11.7 Å². The fourth-order valence-corrected chi connectivity index (χ4v) is 2.99. The lowest BCUT2D eigenvalue weighted by molar-refractivity contribution is 0.316. The number of likely N-dealkylation sites (tertiary alicyclic amines) is 1. The normalized spacial score (nSPS) is 23.4. The van der Waals surface area contributed by atoms with Crippen LogP contribution in [0.15, 0.2) is 17.2 Å². The summed E-state index contributed by atoms with van der Waals surface area (Å²) in [5, 5.41) is 3.26. The van der Waals surface area contributed by atoms with E-state index >= 15 is 0 Å². The first-order chi connectivity index (χ1) is 9.65. The molecule has 1 aromatic heterocycles. The molecule has 0 radical (unpaired) electrons. The van der Waals surface area contributed by atoms with E-state index < -0.39 is 0 Å². The van der Waals surface area contributed by atoms with Gasteiger partial charge >= 0.3 is 0 Å². The molecule has 1 N–H and O–H groups in total. The van der Waals surface area contributed by atoms with Gasteiger partial charge in [-0.15, -0.1) is 0 Å². The van der Waals surface area contributed by atoms with Crippen molar-refractivity contribution in [3.05, 3.63) is 22.7 Å². The van der Waals surface area contributed by atoms with Crippen LogP contribution in [0.1, 0.15) is 39.2 Å². The minimum absolute atomic E-state index is 0.0143. The molecule has 0 bridgehead atoms. The molecule has 2 aliphatic rings. The Morgan fingerprint density at radius 2 is 2.20 bits per heavy atom. The summed E-state index contributed by atoms with van der Waals surface area (Å²) in [7, 11) is 0. The van der Waals surface area contributed by atoms with Crippen LogP contribution in [-0.4, -0.2) is 40.1 Å². The summed E-state index contributed by atoms with van der Waals surface area (Å²) >= 11 is 0. The zero-order valence-corrected chi connectivity index (χ0v) is 12.4. The molecular weight excluding hydrogens is 252 g/mol. The second kappa shape index (κ2) is 5.56. The van der Waals surface area contributed by atoms with Crippen LogP contribution in [0.4, 0.5) is 5.82 Å². The van der Waals surface area contributed by atoms with Gasteiger partial charge in [-0.05, 0) is 45.6 Å². The van der Waals surface area contributed by atoms with E-state index in [2.05, 4.69) is 15.2 Å². The van der Waals surface area contributed by atoms with Gasteiger partial charge in [-0.3, -0.25) is 4.79 Å². The average Bonchev–Trinajstić information content (AvgIpc) is 3.17. The summed E-state index contributed by atoms with van der Waals surface area (Å²) in [4.78, 5) is 19.0. The van der Waals surface area contributed by atoms with Crippen molar-refractivity contribution in [2.24, 2.45) is 5.92 Å². The van der Waals surface area contributed by atoms with Crippen molar-refractivity contribution in [1.29, 1.82) is 0 Å². The topological polar surface area (TPSA) is 50.2 Å². The van der Waals surface area contributed by atoms with Crippen molar-refractivity contribution in [1.82, 2.24) is 14.5 Å². The maximum absolute atomic E-state index is 12.2. The molecule has 1 aromatic rings. The van der Waals surface area contributed by atoms with Crippen LogP contribution in [0, 0.1) is 5.92 Å². The molecule has 1 aliphatic carbocycles. The van der Waals surface area contributed by atoms with Crippen LogP contribution < -0.4 is 10.9 Å². The molecule has 1 atom stereocenters. The highest BCUT2D eigenvalue weighted by atomic mass is 16.1. The Kier molecular flexibility index (Phi) is 3.78. The smallest absolute Gasteiger partial charge is 0.293 e. The van der Waals surface area contributed by atoms with Crippen molar-refractivity contribution < 1.29 is 0 Å². The highest BCUT2D eigenvalue weighted by Gasteiger charge is 2.34. The number of hydrogen-bond donors (Lipinski definition) is 1. The van der Waals surface area contributed by atoms with Crippen molar-refractivity contribution in [2.75, 3.05) is 25.0 Å². The van der Waals surface area contributed by atoms with Gasteiger partial charge < -0.3 is 14.8 Å². The number of anilines is 1. The molecule has 0 amide bonds. The van der Waals surface area contributed by atoms with Gasteiger partial charge in [0.25, 0.3) is 5.56 Å². The van der Waals surface area contributed by atoms with Crippen molar-refractivity contribution in [3.63, 3.8) is 0 Å². The largest absolute Gasteiger partial charge is 0.365 e. The van der Waals surface area contributed by atoms with Gasteiger partial charge in [-0.25, -0.2) is 4.98 Å². The minimum Gasteiger partial charge on any atom is -0.365 e. The SMILES string of the molecule is CC(C)n1ccnc(NCC2CCN(C3CC3)C2)c1=O. The Morgan fingerprint density at radius 1 is 1.40 bits per heavy atom. The molecule has 1 aliphatic heterocycles. The molecule has 0 aromatic carbocycles. The van der Waals surface area contributed by atoms with Gasteiger partial charge in [0.2, 0.25) is 0 Å². The van der Waals surface area contributed by atoms with E-state index in [1.807, 2.05) is 13.8 Å². The lowest BCUT2D eigenvalue weighted by atomic mass is 10.1. The van der Waals surface area contributed by atoms with Gasteiger partial charge in [-0.1, -0.05) is 0 Å². The number of rotatable bonds is 5. The highest BCUT2D eigenvalue weighted by molar-refractivity contribution is 5.31. The van der Waals surface area contributed by atoms with E-state index in [4.69, 9.17) is 0 Å². The third-order valence-electron chi connectivity index (χ3n) is 4.36. The molecule has 3 rings (SSSR count). The molecule has 20 heavy (non-hydrogen) atoms. The first-order valence-electron chi connectivity index (χ1n) is 7.70. The zero-order chi connectivity index (χ0) is 14.1. The van der Waals surface area contributed by atoms with Crippen molar-refractivity contribution in [3.8, 4) is 0 Å². The summed E-state index contributed by atoms with van der Waals surface area (Å²) in [6.07, 6.45) is 7.44. The molecule has 2 fully saturated rings. The Bertz CT molecular complexity index is 521. The van der Waals surface area contributed by atoms with E-state index in [1.54, 1.807) is 17.0 Å². The molecule has 110 valence electrons. The van der Waals surface area contributed by atoms with Crippen molar-refractivity contribution in [2.45, 2.75) is 45.2 Å². The average molecular weight is 276 g/mol. The van der Waals surface area contributed by atoms with Crippen molar-refractivity contribution >= 4 is 5.82 Å². The Hall–Kier alpha value is -1.36. The van der Waals surface area contributed by atoms with E-state index in [1.165, 1.54) is 32.4 Å². The van der Waals surface area contributed by atoms with E-state index in [-0.39, 0.29) is 11.6 Å². The predicted molar refractivity (Wildman–Crippen MR) is 80.1 cm³/mol.